The van der Waals surface area contributed by atoms with Gasteiger partial charge >= 0.3 is 0 Å². The maximum Gasteiger partial charge on any atom is 0.191 e. The lowest BCUT2D eigenvalue weighted by Gasteiger charge is -2.33. The molecule has 6 nitrogen and oxygen atoms in total. The molecule has 1 fully saturated rings. The Labute approximate surface area is 181 Å². The summed E-state index contributed by atoms with van der Waals surface area (Å²) in [5.41, 5.74) is 3.72. The summed E-state index contributed by atoms with van der Waals surface area (Å²) in [5, 5.41) is 6.94. The van der Waals surface area contributed by atoms with Crippen LogP contribution in [-0.2, 0) is 13.1 Å². The Morgan fingerprint density at radius 1 is 1.03 bits per heavy atom. The lowest BCUT2D eigenvalue weighted by atomic mass is 10.1. The number of aromatic nitrogens is 1. The van der Waals surface area contributed by atoms with Gasteiger partial charge < -0.3 is 20.4 Å². The molecule has 30 heavy (non-hydrogen) atoms. The molecule has 1 aliphatic rings. The summed E-state index contributed by atoms with van der Waals surface area (Å²) in [7, 11) is 2.17. The lowest BCUT2D eigenvalue weighted by molar-refractivity contribution is 0.312. The van der Waals surface area contributed by atoms with Crippen LogP contribution in [0.15, 0.2) is 47.6 Å². The Hall–Kier alpha value is -2.60. The third-order valence-electron chi connectivity index (χ3n) is 5.46. The number of aryl methyl sites for hydroxylation is 1. The van der Waals surface area contributed by atoms with Crippen molar-refractivity contribution in [2.45, 2.75) is 39.8 Å². The zero-order valence-corrected chi connectivity index (χ0v) is 18.7. The minimum atomic E-state index is 0.638. The van der Waals surface area contributed by atoms with Gasteiger partial charge in [0, 0.05) is 45.5 Å². The molecule has 3 rings (SSSR count). The quantitative estimate of drug-likeness (QED) is 0.399. The number of piperazine rings is 1. The van der Waals surface area contributed by atoms with E-state index in [2.05, 4.69) is 82.7 Å². The zero-order chi connectivity index (χ0) is 21.2. The zero-order valence-electron chi connectivity index (χ0n) is 18.7. The molecule has 0 atom stereocenters. The normalized spacial score (nSPS) is 15.3. The minimum absolute atomic E-state index is 0.638. The van der Waals surface area contributed by atoms with E-state index in [9.17, 15) is 0 Å². The highest BCUT2D eigenvalue weighted by Crippen LogP contribution is 2.15. The van der Waals surface area contributed by atoms with Crippen molar-refractivity contribution in [2.75, 3.05) is 44.7 Å². The largest absolute Gasteiger partial charge is 0.356 e. The second-order valence-corrected chi connectivity index (χ2v) is 8.10. The van der Waals surface area contributed by atoms with E-state index < -0.39 is 0 Å². The van der Waals surface area contributed by atoms with Crippen LogP contribution < -0.4 is 15.5 Å². The molecule has 6 heteroatoms. The molecule has 162 valence electrons. The molecule has 0 bridgehead atoms. The van der Waals surface area contributed by atoms with Crippen molar-refractivity contribution in [3.63, 3.8) is 0 Å². The van der Waals surface area contributed by atoms with E-state index in [1.807, 2.05) is 6.20 Å². The fourth-order valence-corrected chi connectivity index (χ4v) is 3.39. The lowest BCUT2D eigenvalue weighted by Crippen LogP contribution is -2.44. The molecule has 0 spiro atoms. The Morgan fingerprint density at radius 2 is 1.80 bits per heavy atom. The van der Waals surface area contributed by atoms with Crippen molar-refractivity contribution >= 4 is 11.8 Å². The van der Waals surface area contributed by atoms with Gasteiger partial charge in [0.2, 0.25) is 0 Å². The van der Waals surface area contributed by atoms with E-state index in [-0.39, 0.29) is 0 Å². The van der Waals surface area contributed by atoms with E-state index in [0.29, 0.717) is 6.54 Å². The van der Waals surface area contributed by atoms with Crippen molar-refractivity contribution in [1.82, 2.24) is 20.5 Å². The standard InChI is InChI=1S/C24H36N6/c1-4-5-11-26-24(27-18-21-8-6-20(2)7-9-21)28-19-22-10-12-25-23(17-22)30-15-13-29(3)14-16-30/h6-10,12,17H,4-5,11,13-16,18-19H2,1-3H3,(H2,26,27,28). The second-order valence-electron chi connectivity index (χ2n) is 8.10. The summed E-state index contributed by atoms with van der Waals surface area (Å²) in [5.74, 6) is 1.92. The van der Waals surface area contributed by atoms with E-state index in [1.54, 1.807) is 0 Å². The average Bonchev–Trinajstić information content (AvgIpc) is 2.77. The maximum absolute atomic E-state index is 4.84. The molecule has 1 aromatic carbocycles. The van der Waals surface area contributed by atoms with Crippen LogP contribution in [0.1, 0.15) is 36.5 Å². The average molecular weight is 409 g/mol. The molecule has 1 aliphatic heterocycles. The molecule has 2 heterocycles. The summed E-state index contributed by atoms with van der Waals surface area (Å²) in [6, 6.07) is 12.9. The molecular weight excluding hydrogens is 372 g/mol. The number of nitrogens with one attached hydrogen (secondary N) is 2. The highest BCUT2D eigenvalue weighted by atomic mass is 15.3. The summed E-state index contributed by atoms with van der Waals surface area (Å²) in [6.45, 7) is 10.9. The number of unbranched alkanes of at least 4 members (excludes halogenated alkanes) is 1. The molecule has 1 aromatic heterocycles. The van der Waals surface area contributed by atoms with Crippen LogP contribution in [0.25, 0.3) is 0 Å². The minimum Gasteiger partial charge on any atom is -0.356 e. The van der Waals surface area contributed by atoms with Gasteiger partial charge in [-0.05, 0) is 43.7 Å². The first kappa shape index (κ1) is 22.1. The molecular formula is C24H36N6. The number of rotatable bonds is 8. The van der Waals surface area contributed by atoms with Crippen molar-refractivity contribution < 1.29 is 0 Å². The number of guanidine groups is 1. The number of nitrogens with zero attached hydrogens (tertiary/aromatic N) is 4. The van der Waals surface area contributed by atoms with Crippen molar-refractivity contribution in [3.05, 3.63) is 59.3 Å². The van der Waals surface area contributed by atoms with Gasteiger partial charge in [0.25, 0.3) is 0 Å². The topological polar surface area (TPSA) is 55.8 Å². The number of likely N-dealkylation sites (N-methyl/N-ethyl adjacent to an activating group) is 1. The molecule has 2 N–H and O–H groups in total. The molecule has 0 saturated carbocycles. The fourth-order valence-electron chi connectivity index (χ4n) is 3.39. The van der Waals surface area contributed by atoms with E-state index >= 15 is 0 Å². The Kier molecular flexibility index (Phi) is 8.51. The second kappa shape index (κ2) is 11.6. The maximum atomic E-state index is 4.84. The van der Waals surface area contributed by atoms with Crippen molar-refractivity contribution in [1.29, 1.82) is 0 Å². The predicted molar refractivity (Wildman–Crippen MR) is 126 cm³/mol. The van der Waals surface area contributed by atoms with E-state index in [0.717, 1.165) is 63.9 Å². The molecule has 0 aliphatic carbocycles. The highest BCUT2D eigenvalue weighted by Gasteiger charge is 2.15. The van der Waals surface area contributed by atoms with Gasteiger partial charge in [0.15, 0.2) is 5.96 Å². The Bertz CT molecular complexity index is 794. The van der Waals surface area contributed by atoms with Gasteiger partial charge in [-0.3, -0.25) is 0 Å². The predicted octanol–water partition coefficient (Wildman–Crippen LogP) is 3.18. The SMILES string of the molecule is CCCCNC(=NCc1ccnc(N2CCN(C)CC2)c1)NCc1ccc(C)cc1. The number of pyridine rings is 1. The van der Waals surface area contributed by atoms with E-state index in [4.69, 9.17) is 4.99 Å². The molecule has 2 aromatic rings. The van der Waals surface area contributed by atoms with Crippen LogP contribution >= 0.6 is 0 Å². The molecule has 0 unspecified atom stereocenters. The van der Waals surface area contributed by atoms with Crippen LogP contribution in [-0.4, -0.2) is 55.6 Å². The highest BCUT2D eigenvalue weighted by molar-refractivity contribution is 5.79. The first-order valence-corrected chi connectivity index (χ1v) is 11.1. The summed E-state index contributed by atoms with van der Waals surface area (Å²) >= 11 is 0. The van der Waals surface area contributed by atoms with Crippen LogP contribution in [0.4, 0.5) is 5.82 Å². The number of anilines is 1. The summed E-state index contributed by atoms with van der Waals surface area (Å²) in [4.78, 5) is 14.1. The van der Waals surface area contributed by atoms with Gasteiger partial charge in [0.05, 0.1) is 6.54 Å². The molecule has 0 amide bonds. The van der Waals surface area contributed by atoms with Gasteiger partial charge in [-0.15, -0.1) is 0 Å². The monoisotopic (exact) mass is 408 g/mol. The number of aliphatic imine (C=N–C) groups is 1. The number of hydrogen-bond donors (Lipinski definition) is 2. The third kappa shape index (κ3) is 7.02. The van der Waals surface area contributed by atoms with Crippen LogP contribution in [0.3, 0.4) is 0 Å². The molecule has 0 radical (unpaired) electrons. The Morgan fingerprint density at radius 3 is 2.53 bits per heavy atom. The van der Waals surface area contributed by atoms with Crippen LogP contribution in [0.2, 0.25) is 0 Å². The number of benzene rings is 1. The first-order valence-electron chi connectivity index (χ1n) is 11.1. The van der Waals surface area contributed by atoms with Gasteiger partial charge in [0.1, 0.15) is 5.82 Å². The fraction of sp³-hybridized carbons (Fsp3) is 0.500. The summed E-state index contributed by atoms with van der Waals surface area (Å²) in [6.07, 6.45) is 4.20. The Balaban J connectivity index is 1.62. The van der Waals surface area contributed by atoms with Gasteiger partial charge in [-0.25, -0.2) is 9.98 Å². The third-order valence-corrected chi connectivity index (χ3v) is 5.46. The van der Waals surface area contributed by atoms with Crippen molar-refractivity contribution in [3.8, 4) is 0 Å². The smallest absolute Gasteiger partial charge is 0.191 e. The summed E-state index contributed by atoms with van der Waals surface area (Å²) < 4.78 is 0. The van der Waals surface area contributed by atoms with Gasteiger partial charge in [-0.2, -0.15) is 0 Å². The van der Waals surface area contributed by atoms with Crippen LogP contribution in [0, 0.1) is 6.92 Å². The first-order chi connectivity index (χ1) is 14.6. The number of hydrogen-bond acceptors (Lipinski definition) is 4. The van der Waals surface area contributed by atoms with E-state index in [1.165, 1.54) is 16.7 Å². The molecule has 1 saturated heterocycles. The van der Waals surface area contributed by atoms with Gasteiger partial charge in [-0.1, -0.05) is 43.2 Å². The van der Waals surface area contributed by atoms with Crippen molar-refractivity contribution in [2.24, 2.45) is 4.99 Å². The van der Waals surface area contributed by atoms with Crippen LogP contribution in [0.5, 0.6) is 0 Å².